The lowest BCUT2D eigenvalue weighted by atomic mass is 9.98. The normalized spacial score (nSPS) is 15.8. The molecule has 2 atom stereocenters. The largest absolute Gasteiger partial charge is 0.469 e. The van der Waals surface area contributed by atoms with Gasteiger partial charge in [0.1, 0.15) is 0 Å². The highest BCUT2D eigenvalue weighted by Gasteiger charge is 2.25. The van der Waals surface area contributed by atoms with Crippen molar-refractivity contribution in [3.05, 3.63) is 0 Å². The van der Waals surface area contributed by atoms with E-state index >= 15 is 0 Å². The molecular formula is C9H19NO2. The molecule has 72 valence electrons. The van der Waals surface area contributed by atoms with Gasteiger partial charge in [-0.2, -0.15) is 0 Å². The van der Waals surface area contributed by atoms with Crippen molar-refractivity contribution in [3.63, 3.8) is 0 Å². The lowest BCUT2D eigenvalue weighted by Crippen LogP contribution is -2.37. The summed E-state index contributed by atoms with van der Waals surface area (Å²) in [5.41, 5.74) is 0. The molecule has 3 heteroatoms. The topological polar surface area (TPSA) is 29.5 Å². The molecule has 0 N–H and O–H groups in total. The summed E-state index contributed by atoms with van der Waals surface area (Å²) < 4.78 is 4.71. The molecule has 3 nitrogen and oxygen atoms in total. The van der Waals surface area contributed by atoms with Gasteiger partial charge in [0.2, 0.25) is 0 Å². The molecule has 0 bridgehead atoms. The van der Waals surface area contributed by atoms with E-state index < -0.39 is 0 Å². The molecule has 0 radical (unpaired) electrons. The quantitative estimate of drug-likeness (QED) is 0.597. The number of methoxy groups -OCH3 is 1. The summed E-state index contributed by atoms with van der Waals surface area (Å²) in [5, 5.41) is 0. The minimum atomic E-state index is -0.112. The molecule has 0 aliphatic rings. The summed E-state index contributed by atoms with van der Waals surface area (Å²) in [6.45, 7) is 4.03. The van der Waals surface area contributed by atoms with Crippen LogP contribution in [-0.2, 0) is 9.53 Å². The number of rotatable bonds is 4. The van der Waals surface area contributed by atoms with Crippen molar-refractivity contribution in [2.24, 2.45) is 5.92 Å². The summed E-state index contributed by atoms with van der Waals surface area (Å²) in [5.74, 6) is -0.122. The van der Waals surface area contributed by atoms with E-state index in [0.29, 0.717) is 0 Å². The van der Waals surface area contributed by atoms with E-state index in [0.717, 1.165) is 6.42 Å². The van der Waals surface area contributed by atoms with Crippen LogP contribution in [0.4, 0.5) is 0 Å². The van der Waals surface area contributed by atoms with Crippen molar-refractivity contribution in [2.75, 3.05) is 21.2 Å². The zero-order valence-electron chi connectivity index (χ0n) is 8.63. The molecule has 0 spiro atoms. The van der Waals surface area contributed by atoms with E-state index in [2.05, 4.69) is 0 Å². The molecule has 0 saturated carbocycles. The highest BCUT2D eigenvalue weighted by molar-refractivity contribution is 5.72. The first-order chi connectivity index (χ1) is 5.54. The number of hydrogen-bond acceptors (Lipinski definition) is 3. The van der Waals surface area contributed by atoms with Crippen LogP contribution in [0.2, 0.25) is 0 Å². The van der Waals surface area contributed by atoms with Crippen LogP contribution in [0.3, 0.4) is 0 Å². The Hall–Kier alpha value is -0.570. The maximum absolute atomic E-state index is 11.2. The second-order valence-corrected chi connectivity index (χ2v) is 3.24. The standard InChI is InChI=1S/C9H19NO2/c1-6-8(9(11)12-5)7(2)10(3)4/h7-8H,6H2,1-5H3. The second kappa shape index (κ2) is 5.14. The molecule has 0 aromatic heterocycles. The van der Waals surface area contributed by atoms with Crippen molar-refractivity contribution in [3.8, 4) is 0 Å². The van der Waals surface area contributed by atoms with E-state index in [-0.39, 0.29) is 17.9 Å². The Kier molecular flexibility index (Phi) is 4.90. The Morgan fingerprint density at radius 1 is 1.50 bits per heavy atom. The SMILES string of the molecule is CCC(C(=O)OC)C(C)N(C)C. The molecule has 0 amide bonds. The highest BCUT2D eigenvalue weighted by Crippen LogP contribution is 2.13. The summed E-state index contributed by atoms with van der Waals surface area (Å²) in [7, 11) is 5.37. The van der Waals surface area contributed by atoms with Gasteiger partial charge >= 0.3 is 5.97 Å². The van der Waals surface area contributed by atoms with Crippen LogP contribution in [-0.4, -0.2) is 38.1 Å². The summed E-state index contributed by atoms with van der Waals surface area (Å²) >= 11 is 0. The van der Waals surface area contributed by atoms with Gasteiger partial charge in [-0.05, 0) is 27.4 Å². The average Bonchev–Trinajstić information content (AvgIpc) is 2.05. The van der Waals surface area contributed by atoms with Crippen molar-refractivity contribution in [2.45, 2.75) is 26.3 Å². The number of carbonyl (C=O) groups is 1. The maximum Gasteiger partial charge on any atom is 0.310 e. The number of carbonyl (C=O) groups excluding carboxylic acids is 1. The third-order valence-electron chi connectivity index (χ3n) is 2.34. The van der Waals surface area contributed by atoms with Gasteiger partial charge in [-0.25, -0.2) is 0 Å². The molecule has 0 saturated heterocycles. The zero-order chi connectivity index (χ0) is 9.72. The second-order valence-electron chi connectivity index (χ2n) is 3.24. The van der Waals surface area contributed by atoms with Crippen LogP contribution >= 0.6 is 0 Å². The lowest BCUT2D eigenvalue weighted by Gasteiger charge is -2.26. The number of nitrogens with zero attached hydrogens (tertiary/aromatic N) is 1. The van der Waals surface area contributed by atoms with E-state index in [1.54, 1.807) is 0 Å². The molecule has 0 fully saturated rings. The minimum Gasteiger partial charge on any atom is -0.469 e. The van der Waals surface area contributed by atoms with Gasteiger partial charge in [0.15, 0.2) is 0 Å². The van der Waals surface area contributed by atoms with Gasteiger partial charge in [0, 0.05) is 6.04 Å². The molecule has 0 aromatic rings. The van der Waals surface area contributed by atoms with Crippen molar-refractivity contribution >= 4 is 5.97 Å². The molecule has 0 aromatic carbocycles. The Labute approximate surface area is 74.7 Å². The van der Waals surface area contributed by atoms with Gasteiger partial charge < -0.3 is 9.64 Å². The van der Waals surface area contributed by atoms with Crippen LogP contribution in [0.25, 0.3) is 0 Å². The van der Waals surface area contributed by atoms with Gasteiger partial charge in [-0.1, -0.05) is 6.92 Å². The Morgan fingerprint density at radius 3 is 2.25 bits per heavy atom. The zero-order valence-corrected chi connectivity index (χ0v) is 8.63. The summed E-state index contributed by atoms with van der Waals surface area (Å²) in [6.07, 6.45) is 0.825. The molecule has 2 unspecified atom stereocenters. The molecule has 0 heterocycles. The van der Waals surface area contributed by atoms with Gasteiger partial charge in [0.05, 0.1) is 13.0 Å². The third-order valence-corrected chi connectivity index (χ3v) is 2.34. The molecule has 0 rings (SSSR count). The van der Waals surface area contributed by atoms with Crippen LogP contribution in [0.1, 0.15) is 20.3 Å². The molecule has 0 aliphatic heterocycles. The Bertz CT molecular complexity index is 145. The Balaban J connectivity index is 4.23. The summed E-state index contributed by atoms with van der Waals surface area (Å²) in [4.78, 5) is 13.3. The van der Waals surface area contributed by atoms with E-state index in [1.807, 2.05) is 32.8 Å². The van der Waals surface area contributed by atoms with Crippen LogP contribution in [0, 0.1) is 5.92 Å². The van der Waals surface area contributed by atoms with Crippen molar-refractivity contribution in [1.29, 1.82) is 0 Å². The summed E-state index contributed by atoms with van der Waals surface area (Å²) in [6, 6.07) is 0.238. The van der Waals surface area contributed by atoms with E-state index in [1.165, 1.54) is 7.11 Å². The molecular weight excluding hydrogens is 154 g/mol. The van der Waals surface area contributed by atoms with Crippen molar-refractivity contribution < 1.29 is 9.53 Å². The molecule has 12 heavy (non-hydrogen) atoms. The highest BCUT2D eigenvalue weighted by atomic mass is 16.5. The monoisotopic (exact) mass is 173 g/mol. The lowest BCUT2D eigenvalue weighted by molar-refractivity contribution is -0.147. The van der Waals surface area contributed by atoms with Gasteiger partial charge in [0.25, 0.3) is 0 Å². The van der Waals surface area contributed by atoms with E-state index in [9.17, 15) is 4.79 Å². The predicted octanol–water partition coefficient (Wildman–Crippen LogP) is 1.14. The first-order valence-corrected chi connectivity index (χ1v) is 4.28. The van der Waals surface area contributed by atoms with Crippen molar-refractivity contribution in [1.82, 2.24) is 4.90 Å². The number of hydrogen-bond donors (Lipinski definition) is 0. The molecule has 0 aliphatic carbocycles. The predicted molar refractivity (Wildman–Crippen MR) is 48.9 cm³/mol. The number of esters is 1. The first-order valence-electron chi connectivity index (χ1n) is 4.28. The first kappa shape index (κ1) is 11.4. The third kappa shape index (κ3) is 2.81. The van der Waals surface area contributed by atoms with Gasteiger partial charge in [-0.3, -0.25) is 4.79 Å². The van der Waals surface area contributed by atoms with Gasteiger partial charge in [-0.15, -0.1) is 0 Å². The minimum absolute atomic E-state index is 0.00926. The smallest absolute Gasteiger partial charge is 0.310 e. The fraction of sp³-hybridized carbons (Fsp3) is 0.889. The number of ether oxygens (including phenoxy) is 1. The maximum atomic E-state index is 11.2. The average molecular weight is 173 g/mol. The van der Waals surface area contributed by atoms with Crippen LogP contribution in [0.15, 0.2) is 0 Å². The van der Waals surface area contributed by atoms with E-state index in [4.69, 9.17) is 4.74 Å². The van der Waals surface area contributed by atoms with Crippen LogP contribution in [0.5, 0.6) is 0 Å². The fourth-order valence-electron chi connectivity index (χ4n) is 1.22. The Morgan fingerprint density at radius 2 is 2.00 bits per heavy atom. The van der Waals surface area contributed by atoms with Crippen LogP contribution < -0.4 is 0 Å². The fourth-order valence-corrected chi connectivity index (χ4v) is 1.22.